The van der Waals surface area contributed by atoms with Crippen molar-refractivity contribution in [3.63, 3.8) is 0 Å². The van der Waals surface area contributed by atoms with Crippen LogP contribution in [0, 0.1) is 16.0 Å². The van der Waals surface area contributed by atoms with Gasteiger partial charge < -0.3 is 14.1 Å². The van der Waals surface area contributed by atoms with Crippen LogP contribution in [0.25, 0.3) is 0 Å². The van der Waals surface area contributed by atoms with Crippen LogP contribution in [0.2, 0.25) is 0 Å². The Bertz CT molecular complexity index is 936. The number of para-hydroxylation sites is 1. The van der Waals surface area contributed by atoms with Gasteiger partial charge in [0, 0.05) is 36.1 Å². The van der Waals surface area contributed by atoms with E-state index in [0.29, 0.717) is 24.9 Å². The molecule has 0 bridgehead atoms. The monoisotopic (exact) mass is 384 g/mol. The van der Waals surface area contributed by atoms with Crippen LogP contribution in [-0.4, -0.2) is 34.9 Å². The van der Waals surface area contributed by atoms with Gasteiger partial charge in [-0.2, -0.15) is 0 Å². The number of carbonyl (C=O) groups excluding carboxylic acids is 2. The highest BCUT2D eigenvalue weighted by atomic mass is 16.6. The van der Waals surface area contributed by atoms with Crippen LogP contribution in [0.4, 0.5) is 5.69 Å². The zero-order chi connectivity index (χ0) is 19.8. The molecule has 3 heterocycles. The molecule has 0 saturated carbocycles. The lowest BCUT2D eigenvalue weighted by Crippen LogP contribution is -2.51. The van der Waals surface area contributed by atoms with E-state index in [9.17, 15) is 19.7 Å². The van der Waals surface area contributed by atoms with Crippen LogP contribution in [0.5, 0.6) is 0 Å². The molecule has 2 aliphatic heterocycles. The van der Waals surface area contributed by atoms with Gasteiger partial charge in [-0.15, -0.1) is 0 Å². The molecule has 3 atom stereocenters. The summed E-state index contributed by atoms with van der Waals surface area (Å²) in [4.78, 5) is 38.8. The van der Waals surface area contributed by atoms with Gasteiger partial charge in [0.25, 0.3) is 5.69 Å². The quantitative estimate of drug-likeness (QED) is 0.347. The summed E-state index contributed by atoms with van der Waals surface area (Å²) in [7, 11) is 0. The standard InChI is InChI=1S/C20H20N2O6/c1-2-27-20(24)18-14(12-5-3-4-6-15(12)22(25)26)11-16-13-8-10-28-17(13)7-9-21(16)19(18)23/h3-6,8,10,14,16,18H,2,7,9,11H2,1H3/t14-,16+,18-/m0/s1. The molecule has 8 heteroatoms. The Balaban J connectivity index is 1.81. The average Bonchev–Trinajstić information content (AvgIpc) is 3.17. The highest BCUT2D eigenvalue weighted by molar-refractivity contribution is 6.00. The van der Waals surface area contributed by atoms with Crippen molar-refractivity contribution in [1.82, 2.24) is 4.90 Å². The average molecular weight is 384 g/mol. The number of nitrogens with zero attached hydrogens (tertiary/aromatic N) is 2. The molecule has 2 aromatic rings. The Morgan fingerprint density at radius 1 is 1.32 bits per heavy atom. The third-order valence-corrected chi connectivity index (χ3v) is 5.60. The third kappa shape index (κ3) is 2.85. The molecule has 1 aromatic carbocycles. The second-order valence-corrected chi connectivity index (χ2v) is 6.98. The van der Waals surface area contributed by atoms with E-state index in [1.807, 2.05) is 6.07 Å². The highest BCUT2D eigenvalue weighted by Crippen LogP contribution is 2.48. The van der Waals surface area contributed by atoms with E-state index < -0.39 is 22.7 Å². The molecule has 0 N–H and O–H groups in total. The Morgan fingerprint density at radius 2 is 2.11 bits per heavy atom. The van der Waals surface area contributed by atoms with Crippen molar-refractivity contribution >= 4 is 17.6 Å². The third-order valence-electron chi connectivity index (χ3n) is 5.60. The van der Waals surface area contributed by atoms with Gasteiger partial charge in [-0.1, -0.05) is 18.2 Å². The number of nitro benzene ring substituents is 1. The van der Waals surface area contributed by atoms with E-state index in [-0.39, 0.29) is 24.2 Å². The Labute approximate surface area is 161 Å². The molecule has 8 nitrogen and oxygen atoms in total. The van der Waals surface area contributed by atoms with E-state index in [1.54, 1.807) is 36.3 Å². The second-order valence-electron chi connectivity index (χ2n) is 6.98. The first kappa shape index (κ1) is 18.2. The fourth-order valence-corrected chi connectivity index (χ4v) is 4.41. The molecular formula is C20H20N2O6. The van der Waals surface area contributed by atoms with Gasteiger partial charge in [-0.3, -0.25) is 19.7 Å². The van der Waals surface area contributed by atoms with Gasteiger partial charge in [0.05, 0.1) is 23.8 Å². The summed E-state index contributed by atoms with van der Waals surface area (Å²) >= 11 is 0. The molecular weight excluding hydrogens is 364 g/mol. The van der Waals surface area contributed by atoms with Crippen LogP contribution in [0.15, 0.2) is 41.0 Å². The molecule has 0 unspecified atom stereocenters. The number of ether oxygens (including phenoxy) is 1. The van der Waals surface area contributed by atoms with E-state index >= 15 is 0 Å². The summed E-state index contributed by atoms with van der Waals surface area (Å²) in [6, 6.07) is 7.85. The summed E-state index contributed by atoms with van der Waals surface area (Å²) in [5.41, 5.74) is 1.20. The Hall–Kier alpha value is -3.16. The first-order valence-corrected chi connectivity index (χ1v) is 9.29. The van der Waals surface area contributed by atoms with Gasteiger partial charge in [0.1, 0.15) is 11.7 Å². The fourth-order valence-electron chi connectivity index (χ4n) is 4.41. The maximum absolute atomic E-state index is 13.3. The number of hydrogen-bond acceptors (Lipinski definition) is 6. The largest absolute Gasteiger partial charge is 0.469 e. The molecule has 0 aliphatic carbocycles. The van der Waals surface area contributed by atoms with Crippen LogP contribution < -0.4 is 0 Å². The predicted octanol–water partition coefficient (Wildman–Crippen LogP) is 2.98. The number of benzene rings is 1. The maximum Gasteiger partial charge on any atom is 0.319 e. The first-order valence-electron chi connectivity index (χ1n) is 9.29. The summed E-state index contributed by atoms with van der Waals surface area (Å²) in [6.45, 7) is 2.26. The molecule has 2 aliphatic rings. The highest BCUT2D eigenvalue weighted by Gasteiger charge is 2.50. The van der Waals surface area contributed by atoms with Crippen molar-refractivity contribution < 1.29 is 23.7 Å². The predicted molar refractivity (Wildman–Crippen MR) is 97.4 cm³/mol. The van der Waals surface area contributed by atoms with Gasteiger partial charge in [0.15, 0.2) is 0 Å². The van der Waals surface area contributed by atoms with Gasteiger partial charge in [-0.25, -0.2) is 0 Å². The zero-order valence-corrected chi connectivity index (χ0v) is 15.4. The second kappa shape index (κ2) is 7.10. The van der Waals surface area contributed by atoms with Crippen molar-refractivity contribution in [3.8, 4) is 0 Å². The van der Waals surface area contributed by atoms with E-state index in [4.69, 9.17) is 9.15 Å². The number of fused-ring (bicyclic) bond motifs is 3. The van der Waals surface area contributed by atoms with Gasteiger partial charge >= 0.3 is 5.97 Å². The molecule has 4 rings (SSSR count). The van der Waals surface area contributed by atoms with Crippen LogP contribution in [-0.2, 0) is 20.7 Å². The minimum absolute atomic E-state index is 0.0914. The van der Waals surface area contributed by atoms with Crippen LogP contribution in [0.3, 0.4) is 0 Å². The number of hydrogen-bond donors (Lipinski definition) is 0. The summed E-state index contributed by atoms with van der Waals surface area (Å²) < 4.78 is 10.7. The van der Waals surface area contributed by atoms with Crippen LogP contribution in [0.1, 0.15) is 42.2 Å². The minimum atomic E-state index is -1.09. The fraction of sp³-hybridized carbons (Fsp3) is 0.400. The van der Waals surface area contributed by atoms with Crippen molar-refractivity contribution in [2.24, 2.45) is 5.92 Å². The number of furan rings is 1. The first-order chi connectivity index (χ1) is 13.5. The van der Waals surface area contributed by atoms with Gasteiger partial charge in [-0.05, 0) is 19.4 Å². The molecule has 1 aromatic heterocycles. The van der Waals surface area contributed by atoms with E-state index in [2.05, 4.69) is 0 Å². The van der Waals surface area contributed by atoms with Crippen molar-refractivity contribution in [3.05, 3.63) is 63.6 Å². The maximum atomic E-state index is 13.3. The van der Waals surface area contributed by atoms with Gasteiger partial charge in [0.2, 0.25) is 5.91 Å². The molecule has 1 saturated heterocycles. The normalized spacial score (nSPS) is 23.7. The lowest BCUT2D eigenvalue weighted by atomic mass is 9.74. The number of carbonyl (C=O) groups is 2. The van der Waals surface area contributed by atoms with Crippen molar-refractivity contribution in [2.45, 2.75) is 31.7 Å². The van der Waals surface area contributed by atoms with Crippen LogP contribution >= 0.6 is 0 Å². The minimum Gasteiger partial charge on any atom is -0.469 e. The SMILES string of the molecule is CCOC(=O)[C@@H]1C(=O)N2CCc3occc3[C@H]2C[C@H]1c1ccccc1[N+](=O)[O-]. The number of esters is 1. The molecule has 0 spiro atoms. The summed E-state index contributed by atoms with van der Waals surface area (Å²) in [5.74, 6) is -1.89. The van der Waals surface area contributed by atoms with Crippen molar-refractivity contribution in [1.29, 1.82) is 0 Å². The topological polar surface area (TPSA) is 103 Å². The number of piperidine rings is 1. The number of amides is 1. The molecule has 0 radical (unpaired) electrons. The van der Waals surface area contributed by atoms with E-state index in [1.165, 1.54) is 6.07 Å². The molecule has 28 heavy (non-hydrogen) atoms. The molecule has 1 fully saturated rings. The van der Waals surface area contributed by atoms with Crippen molar-refractivity contribution in [2.75, 3.05) is 13.2 Å². The Morgan fingerprint density at radius 3 is 2.86 bits per heavy atom. The summed E-state index contributed by atoms with van der Waals surface area (Å²) in [6.07, 6.45) is 2.57. The Kier molecular flexibility index (Phi) is 4.62. The number of nitro groups is 1. The summed E-state index contributed by atoms with van der Waals surface area (Å²) in [5, 5.41) is 11.6. The van der Waals surface area contributed by atoms with E-state index in [0.717, 1.165) is 11.3 Å². The molecule has 1 amide bonds. The molecule has 146 valence electrons. The smallest absolute Gasteiger partial charge is 0.319 e. The lowest BCUT2D eigenvalue weighted by molar-refractivity contribution is -0.385. The number of rotatable bonds is 4. The lowest BCUT2D eigenvalue weighted by Gasteiger charge is -2.44. The zero-order valence-electron chi connectivity index (χ0n) is 15.4.